The number of carbonyl (C=O) groups is 3. The molecule has 0 radical (unpaired) electrons. The SMILES string of the molecule is Cc1cc(C)cc([C@@H](C=O)c2cn(C[C@@H]3C4=C([C@H](C)C[C@@H](O)[C@H]5OC5(C)C)C(=O)C[C@]4(C)[C@@]4(C)CC[C@@H]5[C@@](C)(CCC(=O)[C@@]5(C)C5CCCC5)[C@H]4[C@@H]3O)c3cc[nH]c23)c1. The van der Waals surface area contributed by atoms with Crippen molar-refractivity contribution in [2.45, 2.75) is 163 Å². The lowest BCUT2D eigenvalue weighted by Crippen LogP contribution is -2.68. The predicted octanol–water partition coefficient (Wildman–Crippen LogP) is 9.35. The van der Waals surface area contributed by atoms with Gasteiger partial charge < -0.3 is 29.3 Å². The number of hydrogen-bond donors (Lipinski definition) is 3. The van der Waals surface area contributed by atoms with Crippen molar-refractivity contribution in [1.29, 1.82) is 0 Å². The normalized spacial score (nSPS) is 38.3. The third kappa shape index (κ3) is 5.87. The molecule has 2 aromatic heterocycles. The maximum atomic E-state index is 14.9. The summed E-state index contributed by atoms with van der Waals surface area (Å²) in [5, 5.41) is 25.0. The average Bonchev–Trinajstić information content (AvgIpc) is 3.74. The second kappa shape index (κ2) is 13.8. The zero-order valence-electron chi connectivity index (χ0n) is 37.0. The van der Waals surface area contributed by atoms with Gasteiger partial charge in [0, 0.05) is 54.1 Å². The Labute approximate surface area is 350 Å². The van der Waals surface area contributed by atoms with Gasteiger partial charge in [-0.25, -0.2) is 0 Å². The van der Waals surface area contributed by atoms with Crippen LogP contribution in [0.3, 0.4) is 0 Å². The number of nitrogens with zero attached hydrogens (tertiary/aromatic N) is 1. The fourth-order valence-corrected chi connectivity index (χ4v) is 15.4. The minimum Gasteiger partial charge on any atom is -0.392 e. The zero-order chi connectivity index (χ0) is 42.2. The summed E-state index contributed by atoms with van der Waals surface area (Å²) in [6, 6.07) is 8.37. The first-order valence-corrected chi connectivity index (χ1v) is 22.8. The molecular weight excluding hydrogens is 737 g/mol. The highest BCUT2D eigenvalue weighted by Crippen LogP contribution is 2.76. The molecule has 1 aromatic carbocycles. The number of H-pyrrole nitrogens is 1. The number of aryl methyl sites for hydroxylation is 2. The number of epoxide rings is 1. The number of aldehydes is 1. The molecule has 4 saturated carbocycles. The van der Waals surface area contributed by atoms with Crippen molar-refractivity contribution in [2.24, 2.45) is 51.2 Å². The van der Waals surface area contributed by atoms with Crippen LogP contribution in [0.2, 0.25) is 0 Å². The van der Waals surface area contributed by atoms with Crippen LogP contribution in [0.15, 0.2) is 47.8 Å². The molecule has 0 amide bonds. The van der Waals surface area contributed by atoms with E-state index in [1.807, 2.05) is 20.0 Å². The van der Waals surface area contributed by atoms with E-state index in [4.69, 9.17) is 4.74 Å². The number of aliphatic hydroxyl groups is 2. The number of hydrogen-bond acceptors (Lipinski definition) is 6. The number of ketones is 2. The van der Waals surface area contributed by atoms with Crippen molar-refractivity contribution < 1.29 is 29.3 Å². The number of aromatic amines is 1. The molecule has 3 N–H and O–H groups in total. The molecule has 8 nitrogen and oxygen atoms in total. The highest BCUT2D eigenvalue weighted by atomic mass is 16.6. The van der Waals surface area contributed by atoms with Gasteiger partial charge in [0.15, 0.2) is 5.78 Å². The van der Waals surface area contributed by atoms with Crippen molar-refractivity contribution in [3.8, 4) is 0 Å². The maximum absolute atomic E-state index is 14.9. The predicted molar refractivity (Wildman–Crippen MR) is 230 cm³/mol. The minimum absolute atomic E-state index is 0.134. The Hall–Kier alpha value is -3.33. The summed E-state index contributed by atoms with van der Waals surface area (Å²) in [7, 11) is 0. The van der Waals surface area contributed by atoms with Gasteiger partial charge in [0.1, 0.15) is 18.2 Å². The van der Waals surface area contributed by atoms with Crippen molar-refractivity contribution in [3.05, 3.63) is 70.1 Å². The van der Waals surface area contributed by atoms with Crippen LogP contribution in [0.5, 0.6) is 0 Å². The quantitative estimate of drug-likeness (QED) is 0.139. The summed E-state index contributed by atoms with van der Waals surface area (Å²) in [6.45, 7) is 20.0. The van der Waals surface area contributed by atoms with Gasteiger partial charge >= 0.3 is 0 Å². The van der Waals surface area contributed by atoms with Crippen LogP contribution in [0.4, 0.5) is 0 Å². The molecule has 8 heteroatoms. The summed E-state index contributed by atoms with van der Waals surface area (Å²) in [6.07, 6.45) is 11.7. The van der Waals surface area contributed by atoms with E-state index < -0.39 is 40.3 Å². The summed E-state index contributed by atoms with van der Waals surface area (Å²) in [5.41, 5.74) is 5.76. The van der Waals surface area contributed by atoms with Gasteiger partial charge in [-0.3, -0.25) is 9.59 Å². The molecule has 0 bridgehead atoms. The van der Waals surface area contributed by atoms with Crippen molar-refractivity contribution in [3.63, 3.8) is 0 Å². The molecular formula is C51H68N2O6. The van der Waals surface area contributed by atoms with E-state index in [2.05, 4.69) is 88.5 Å². The third-order valence-corrected chi connectivity index (χ3v) is 18.2. The van der Waals surface area contributed by atoms with Crippen LogP contribution in [-0.4, -0.2) is 61.5 Å². The number of aromatic nitrogens is 2. The van der Waals surface area contributed by atoms with Crippen LogP contribution in [-0.2, 0) is 25.7 Å². The van der Waals surface area contributed by atoms with Crippen molar-refractivity contribution >= 4 is 28.9 Å². The highest BCUT2D eigenvalue weighted by molar-refractivity contribution is 6.01. The number of fused-ring (bicyclic) bond motifs is 6. The van der Waals surface area contributed by atoms with Crippen LogP contribution < -0.4 is 0 Å². The fourth-order valence-electron chi connectivity index (χ4n) is 15.4. The minimum atomic E-state index is -0.776. The standard InChI is InChI=1S/C51H68N2O6/c1-28-20-29(2)22-31(21-28)35(27-54)33-25-53(36-16-19-52-43(33)36)26-34-42-41(30(3)23-37(55)46-47(4,5)59-46)38(56)24-50(42,8)49(7)18-14-39-48(6,45(49)44(34)58)17-15-40(57)51(39,9)32-12-10-11-13-32/h16,19-22,25,27,30,32,34-35,37,39,44-46,52,55,58H,10-15,17-18,23-24,26H2,1-9H3/t30-,34-,35-,37-,39-,44-,45-,46-,48-,49+,50+,51+/m1/s1. The van der Waals surface area contributed by atoms with E-state index in [1.54, 1.807) is 0 Å². The van der Waals surface area contributed by atoms with Gasteiger partial charge in [0.2, 0.25) is 0 Å². The zero-order valence-corrected chi connectivity index (χ0v) is 37.0. The Morgan fingerprint density at radius 3 is 2.32 bits per heavy atom. The van der Waals surface area contributed by atoms with Gasteiger partial charge in [0.25, 0.3) is 0 Å². The van der Waals surface area contributed by atoms with Crippen molar-refractivity contribution in [2.75, 3.05) is 0 Å². The van der Waals surface area contributed by atoms with E-state index >= 15 is 0 Å². The number of Topliss-reactive ketones (excluding diaryl/α,β-unsaturated/α-hetero) is 2. The van der Waals surface area contributed by atoms with E-state index in [0.29, 0.717) is 37.5 Å². The number of ether oxygens (including phenoxy) is 1. The molecule has 3 aromatic rings. The lowest BCUT2D eigenvalue weighted by molar-refractivity contribution is -0.226. The van der Waals surface area contributed by atoms with E-state index in [1.165, 1.54) is 12.8 Å². The Morgan fingerprint density at radius 2 is 1.68 bits per heavy atom. The Kier molecular flexibility index (Phi) is 9.63. The van der Waals surface area contributed by atoms with Crippen molar-refractivity contribution in [1.82, 2.24) is 9.55 Å². The molecule has 1 aliphatic heterocycles. The molecule has 9 rings (SSSR count). The van der Waals surface area contributed by atoms with E-state index in [-0.39, 0.29) is 40.7 Å². The highest BCUT2D eigenvalue weighted by Gasteiger charge is 2.73. The molecule has 3 heterocycles. The maximum Gasteiger partial charge on any atom is 0.160 e. The summed E-state index contributed by atoms with van der Waals surface area (Å²) in [4.78, 5) is 45.6. The Bertz CT molecular complexity index is 2220. The molecule has 12 atom stereocenters. The first-order valence-electron chi connectivity index (χ1n) is 22.8. The average molecular weight is 805 g/mol. The van der Waals surface area contributed by atoms with Gasteiger partial charge in [-0.2, -0.15) is 0 Å². The topological polar surface area (TPSA) is 125 Å². The largest absolute Gasteiger partial charge is 0.392 e. The molecule has 0 spiro atoms. The smallest absolute Gasteiger partial charge is 0.160 e. The van der Waals surface area contributed by atoms with Crippen LogP contribution in [0.1, 0.15) is 141 Å². The van der Waals surface area contributed by atoms with Crippen LogP contribution in [0, 0.1) is 65.1 Å². The second-order valence-corrected chi connectivity index (χ2v) is 21.9. The van der Waals surface area contributed by atoms with Gasteiger partial charge in [-0.15, -0.1) is 0 Å². The number of aliphatic hydroxyl groups excluding tert-OH is 2. The van der Waals surface area contributed by atoms with Gasteiger partial charge in [0.05, 0.1) is 34.8 Å². The Morgan fingerprint density at radius 1 is 1.00 bits per heavy atom. The van der Waals surface area contributed by atoms with E-state index in [0.717, 1.165) is 82.8 Å². The lowest BCUT2D eigenvalue weighted by Gasteiger charge is -2.70. The van der Waals surface area contributed by atoms with Gasteiger partial charge in [-0.1, -0.05) is 76.8 Å². The van der Waals surface area contributed by atoms with E-state index in [9.17, 15) is 24.6 Å². The number of rotatable bonds is 10. The number of carbonyl (C=O) groups excluding carboxylic acids is 3. The lowest BCUT2D eigenvalue weighted by atomic mass is 9.34. The molecule has 5 aliphatic carbocycles. The summed E-state index contributed by atoms with van der Waals surface area (Å²) < 4.78 is 8.09. The first kappa shape index (κ1) is 41.0. The van der Waals surface area contributed by atoms with Crippen LogP contribution in [0.25, 0.3) is 11.0 Å². The third-order valence-electron chi connectivity index (χ3n) is 18.2. The second-order valence-electron chi connectivity index (χ2n) is 21.9. The molecule has 6 aliphatic rings. The van der Waals surface area contributed by atoms with Gasteiger partial charge in [-0.05, 0) is 123 Å². The molecule has 0 unspecified atom stereocenters. The number of benzene rings is 1. The fraction of sp³-hybridized carbons (Fsp3) is 0.667. The monoisotopic (exact) mass is 805 g/mol. The molecule has 1 saturated heterocycles. The summed E-state index contributed by atoms with van der Waals surface area (Å²) >= 11 is 0. The number of nitrogens with one attached hydrogen (secondary N) is 1. The molecule has 5 fully saturated rings. The molecule has 318 valence electrons. The summed E-state index contributed by atoms with van der Waals surface area (Å²) in [5.74, 6) is -0.151. The Balaban J connectivity index is 1.19. The first-order chi connectivity index (χ1) is 27.8. The molecule has 59 heavy (non-hydrogen) atoms. The number of allylic oxidation sites excluding steroid dienone is 1. The van der Waals surface area contributed by atoms with Crippen LogP contribution >= 0.6 is 0 Å².